The highest BCUT2D eigenvalue weighted by Crippen LogP contribution is 2.44. The van der Waals surface area contributed by atoms with Crippen LogP contribution in [-0.2, 0) is 6.42 Å². The molecule has 1 aliphatic carbocycles. The molecule has 1 aromatic rings. The number of aromatic nitrogens is 1. The number of carbonyl (C=O) groups is 1. The van der Waals surface area contributed by atoms with Crippen LogP contribution in [0.2, 0.25) is 0 Å². The van der Waals surface area contributed by atoms with Crippen molar-refractivity contribution < 1.29 is 4.79 Å². The maximum atomic E-state index is 11.0. The first-order valence-corrected chi connectivity index (χ1v) is 6.86. The third kappa shape index (κ3) is 1.57. The molecular weight excluding hydrogens is 224 g/mol. The van der Waals surface area contributed by atoms with Crippen molar-refractivity contribution in [3.63, 3.8) is 0 Å². The zero-order chi connectivity index (χ0) is 12.8. The Morgan fingerprint density at radius 1 is 1.33 bits per heavy atom. The number of aldehydes is 1. The highest BCUT2D eigenvalue weighted by atomic mass is 16.1. The van der Waals surface area contributed by atoms with Crippen molar-refractivity contribution in [1.29, 1.82) is 0 Å². The van der Waals surface area contributed by atoms with E-state index in [4.69, 9.17) is 0 Å². The molecular formula is C15H20N2O. The van der Waals surface area contributed by atoms with E-state index in [1.54, 1.807) is 0 Å². The number of hydrogen-bond acceptors (Lipinski definition) is 3. The summed E-state index contributed by atoms with van der Waals surface area (Å²) >= 11 is 0. The Balaban J connectivity index is 2.05. The lowest BCUT2D eigenvalue weighted by atomic mass is 9.84. The van der Waals surface area contributed by atoms with Crippen molar-refractivity contribution in [2.45, 2.75) is 51.0 Å². The lowest BCUT2D eigenvalue weighted by Crippen LogP contribution is -2.48. The van der Waals surface area contributed by atoms with Crippen LogP contribution in [-0.4, -0.2) is 23.9 Å². The minimum Gasteiger partial charge on any atom is -0.354 e. The van der Waals surface area contributed by atoms with Crippen LogP contribution in [0.1, 0.15) is 53.7 Å². The lowest BCUT2D eigenvalue weighted by molar-refractivity contribution is 0.112. The highest BCUT2D eigenvalue weighted by molar-refractivity contribution is 5.78. The van der Waals surface area contributed by atoms with E-state index in [0.29, 0.717) is 5.54 Å². The van der Waals surface area contributed by atoms with Gasteiger partial charge in [0.1, 0.15) is 5.82 Å². The summed E-state index contributed by atoms with van der Waals surface area (Å²) in [6.45, 7) is 1.92. The SMILES string of the molecule is Cc1nc2c(cc1C=O)CCC1(CCCC1)N2C. The van der Waals surface area contributed by atoms with E-state index in [1.807, 2.05) is 13.0 Å². The molecule has 0 radical (unpaired) electrons. The van der Waals surface area contributed by atoms with Gasteiger partial charge >= 0.3 is 0 Å². The second-order valence-electron chi connectivity index (χ2n) is 5.75. The molecule has 1 spiro atoms. The summed E-state index contributed by atoms with van der Waals surface area (Å²) < 4.78 is 0. The summed E-state index contributed by atoms with van der Waals surface area (Å²) in [5.74, 6) is 1.10. The zero-order valence-corrected chi connectivity index (χ0v) is 11.2. The Kier molecular flexibility index (Phi) is 2.65. The van der Waals surface area contributed by atoms with Gasteiger partial charge in [-0.1, -0.05) is 12.8 Å². The van der Waals surface area contributed by atoms with Crippen LogP contribution in [0.5, 0.6) is 0 Å². The topological polar surface area (TPSA) is 33.2 Å². The number of fused-ring (bicyclic) bond motifs is 1. The minimum absolute atomic E-state index is 0.342. The average molecular weight is 244 g/mol. The van der Waals surface area contributed by atoms with Crippen LogP contribution >= 0.6 is 0 Å². The molecule has 3 heteroatoms. The van der Waals surface area contributed by atoms with Crippen molar-refractivity contribution in [3.8, 4) is 0 Å². The third-order valence-corrected chi connectivity index (χ3v) is 4.86. The summed E-state index contributed by atoms with van der Waals surface area (Å²) in [5.41, 5.74) is 3.17. The average Bonchev–Trinajstić information content (AvgIpc) is 2.84. The van der Waals surface area contributed by atoms with E-state index in [1.165, 1.54) is 37.7 Å². The Morgan fingerprint density at radius 2 is 2.06 bits per heavy atom. The van der Waals surface area contributed by atoms with Crippen molar-refractivity contribution in [3.05, 3.63) is 22.9 Å². The summed E-state index contributed by atoms with van der Waals surface area (Å²) in [7, 11) is 2.18. The number of anilines is 1. The van der Waals surface area contributed by atoms with Gasteiger partial charge in [-0.3, -0.25) is 4.79 Å². The van der Waals surface area contributed by atoms with Crippen LogP contribution < -0.4 is 4.90 Å². The smallest absolute Gasteiger partial charge is 0.151 e. The van der Waals surface area contributed by atoms with Gasteiger partial charge in [0.25, 0.3) is 0 Å². The van der Waals surface area contributed by atoms with E-state index >= 15 is 0 Å². The van der Waals surface area contributed by atoms with E-state index in [9.17, 15) is 4.79 Å². The summed E-state index contributed by atoms with van der Waals surface area (Å²) in [5, 5.41) is 0. The number of carbonyl (C=O) groups excluding carboxylic acids is 1. The van der Waals surface area contributed by atoms with Gasteiger partial charge in [0.2, 0.25) is 0 Å². The molecule has 96 valence electrons. The molecule has 0 aromatic carbocycles. The van der Waals surface area contributed by atoms with Gasteiger partial charge in [-0.25, -0.2) is 4.98 Å². The molecule has 0 unspecified atom stereocenters. The Hall–Kier alpha value is -1.38. The van der Waals surface area contributed by atoms with Crippen molar-refractivity contribution in [2.75, 3.05) is 11.9 Å². The number of nitrogens with zero attached hydrogens (tertiary/aromatic N) is 2. The van der Waals surface area contributed by atoms with Crippen molar-refractivity contribution >= 4 is 12.1 Å². The maximum Gasteiger partial charge on any atom is 0.151 e. The van der Waals surface area contributed by atoms with E-state index in [0.717, 1.165) is 29.8 Å². The molecule has 0 atom stereocenters. The summed E-state index contributed by atoms with van der Waals surface area (Å²) in [4.78, 5) is 18.1. The van der Waals surface area contributed by atoms with Gasteiger partial charge in [-0.2, -0.15) is 0 Å². The van der Waals surface area contributed by atoms with E-state index < -0.39 is 0 Å². The van der Waals surface area contributed by atoms with Gasteiger partial charge in [0, 0.05) is 18.2 Å². The van der Waals surface area contributed by atoms with Crippen molar-refractivity contribution in [1.82, 2.24) is 4.98 Å². The van der Waals surface area contributed by atoms with Crippen LogP contribution in [0, 0.1) is 6.92 Å². The molecule has 3 nitrogen and oxygen atoms in total. The normalized spacial score (nSPS) is 21.1. The largest absolute Gasteiger partial charge is 0.354 e. The monoisotopic (exact) mass is 244 g/mol. The van der Waals surface area contributed by atoms with Gasteiger partial charge in [0.05, 0.1) is 5.69 Å². The van der Waals surface area contributed by atoms with Gasteiger partial charge < -0.3 is 4.90 Å². The number of aryl methyl sites for hydroxylation is 2. The fraction of sp³-hybridized carbons (Fsp3) is 0.600. The molecule has 2 aliphatic rings. The highest BCUT2D eigenvalue weighted by Gasteiger charge is 2.41. The first kappa shape index (κ1) is 11.7. The van der Waals surface area contributed by atoms with Gasteiger partial charge in [0.15, 0.2) is 6.29 Å². The number of pyridine rings is 1. The molecule has 1 fully saturated rings. The maximum absolute atomic E-state index is 11.0. The Bertz CT molecular complexity index is 490. The molecule has 1 saturated carbocycles. The standard InChI is InChI=1S/C15H20N2O/c1-11-13(10-18)9-12-5-8-15(6-3-4-7-15)17(2)14(12)16-11/h9-10H,3-8H2,1-2H3. The Morgan fingerprint density at radius 3 is 2.72 bits per heavy atom. The number of rotatable bonds is 1. The second-order valence-corrected chi connectivity index (χ2v) is 5.75. The first-order valence-electron chi connectivity index (χ1n) is 6.86. The second kappa shape index (κ2) is 4.08. The molecule has 0 saturated heterocycles. The fourth-order valence-corrected chi connectivity index (χ4v) is 3.62. The van der Waals surface area contributed by atoms with Gasteiger partial charge in [-0.15, -0.1) is 0 Å². The van der Waals surface area contributed by atoms with Crippen LogP contribution in [0.4, 0.5) is 5.82 Å². The van der Waals surface area contributed by atoms with Crippen LogP contribution in [0.15, 0.2) is 6.07 Å². The van der Waals surface area contributed by atoms with Gasteiger partial charge in [-0.05, 0) is 44.2 Å². The zero-order valence-electron chi connectivity index (χ0n) is 11.2. The van der Waals surface area contributed by atoms with Crippen LogP contribution in [0.3, 0.4) is 0 Å². The summed E-state index contributed by atoms with van der Waals surface area (Å²) in [6.07, 6.45) is 8.45. The van der Waals surface area contributed by atoms with Crippen molar-refractivity contribution in [2.24, 2.45) is 0 Å². The first-order chi connectivity index (χ1) is 8.66. The molecule has 18 heavy (non-hydrogen) atoms. The number of hydrogen-bond donors (Lipinski definition) is 0. The molecule has 0 amide bonds. The molecule has 1 aliphatic heterocycles. The minimum atomic E-state index is 0.342. The van der Waals surface area contributed by atoms with E-state index in [2.05, 4.69) is 16.9 Å². The lowest BCUT2D eigenvalue weighted by Gasteiger charge is -2.44. The summed E-state index contributed by atoms with van der Waals surface area (Å²) in [6, 6.07) is 2.03. The fourth-order valence-electron chi connectivity index (χ4n) is 3.62. The van der Waals surface area contributed by atoms with Crippen LogP contribution in [0.25, 0.3) is 0 Å². The molecule has 1 aromatic heterocycles. The van der Waals surface area contributed by atoms with E-state index in [-0.39, 0.29) is 0 Å². The predicted molar refractivity (Wildman–Crippen MR) is 72.3 cm³/mol. The predicted octanol–water partition coefficient (Wildman–Crippen LogP) is 2.90. The molecule has 0 N–H and O–H groups in total. The molecule has 3 rings (SSSR count). The third-order valence-electron chi connectivity index (χ3n) is 4.86. The quantitative estimate of drug-likeness (QED) is 0.712. The molecule has 2 heterocycles. The Labute approximate surface area is 108 Å². The molecule has 0 bridgehead atoms.